The van der Waals surface area contributed by atoms with Gasteiger partial charge in [-0.05, 0) is 24.6 Å². The Hall–Kier alpha value is -1.72. The van der Waals surface area contributed by atoms with Crippen LogP contribution in [0.4, 0.5) is 5.69 Å². The SMILES string of the molecule is CCOC(=O)c1cc(N)cnc1SCc1ccccc1Cl. The first-order valence-corrected chi connectivity index (χ1v) is 7.77. The number of nitrogens with two attached hydrogens (primary N) is 1. The van der Waals surface area contributed by atoms with E-state index in [-0.39, 0.29) is 0 Å². The molecule has 0 fully saturated rings. The van der Waals surface area contributed by atoms with Crippen LogP contribution in [0, 0.1) is 0 Å². The third-order valence-electron chi connectivity index (χ3n) is 2.69. The molecule has 0 aliphatic heterocycles. The Morgan fingerprint density at radius 3 is 2.90 bits per heavy atom. The third-order valence-corrected chi connectivity index (χ3v) is 4.11. The zero-order valence-electron chi connectivity index (χ0n) is 11.5. The van der Waals surface area contributed by atoms with Gasteiger partial charge in [-0.2, -0.15) is 0 Å². The maximum absolute atomic E-state index is 11.9. The van der Waals surface area contributed by atoms with Crippen molar-refractivity contribution in [1.82, 2.24) is 4.98 Å². The number of carbonyl (C=O) groups is 1. The van der Waals surface area contributed by atoms with Gasteiger partial charge >= 0.3 is 5.97 Å². The lowest BCUT2D eigenvalue weighted by atomic mass is 10.2. The van der Waals surface area contributed by atoms with E-state index in [2.05, 4.69) is 4.98 Å². The number of pyridine rings is 1. The van der Waals surface area contributed by atoms with Crippen molar-refractivity contribution in [3.8, 4) is 0 Å². The fraction of sp³-hybridized carbons (Fsp3) is 0.200. The molecule has 0 spiro atoms. The molecule has 6 heteroatoms. The number of benzene rings is 1. The highest BCUT2D eigenvalue weighted by Crippen LogP contribution is 2.28. The number of halogens is 1. The summed E-state index contributed by atoms with van der Waals surface area (Å²) in [5, 5.41) is 1.28. The average Bonchev–Trinajstić information content (AvgIpc) is 2.47. The molecule has 0 bridgehead atoms. The Balaban J connectivity index is 2.20. The first-order valence-electron chi connectivity index (χ1n) is 6.40. The van der Waals surface area contributed by atoms with Crippen molar-refractivity contribution in [3.05, 3.63) is 52.7 Å². The number of nitrogen functional groups attached to an aromatic ring is 1. The van der Waals surface area contributed by atoms with Crippen LogP contribution in [-0.4, -0.2) is 17.6 Å². The summed E-state index contributed by atoms with van der Waals surface area (Å²) in [7, 11) is 0. The van der Waals surface area contributed by atoms with E-state index in [9.17, 15) is 4.79 Å². The fourth-order valence-corrected chi connectivity index (χ4v) is 2.95. The molecule has 0 amide bonds. The van der Waals surface area contributed by atoms with Gasteiger partial charge in [0, 0.05) is 10.8 Å². The standard InChI is InChI=1S/C15H15ClN2O2S/c1-2-20-15(19)12-7-11(17)8-18-14(12)21-9-10-5-3-4-6-13(10)16/h3-8H,2,9,17H2,1H3. The van der Waals surface area contributed by atoms with Crippen molar-refractivity contribution >= 4 is 35.0 Å². The van der Waals surface area contributed by atoms with Crippen molar-refractivity contribution in [2.75, 3.05) is 12.3 Å². The minimum atomic E-state index is -0.418. The molecule has 2 aromatic rings. The van der Waals surface area contributed by atoms with Gasteiger partial charge in [0.25, 0.3) is 0 Å². The van der Waals surface area contributed by atoms with E-state index in [0.717, 1.165) is 5.56 Å². The minimum absolute atomic E-state index is 0.308. The maximum atomic E-state index is 11.9. The van der Waals surface area contributed by atoms with E-state index < -0.39 is 5.97 Å². The molecule has 1 aromatic carbocycles. The average molecular weight is 323 g/mol. The first-order chi connectivity index (χ1) is 10.1. The van der Waals surface area contributed by atoms with Gasteiger partial charge in [0.1, 0.15) is 5.03 Å². The lowest BCUT2D eigenvalue weighted by molar-refractivity contribution is 0.0521. The number of carbonyl (C=O) groups excluding carboxylic acids is 1. The molecule has 1 heterocycles. The highest BCUT2D eigenvalue weighted by Gasteiger charge is 2.15. The van der Waals surface area contributed by atoms with Crippen molar-refractivity contribution in [1.29, 1.82) is 0 Å². The zero-order valence-corrected chi connectivity index (χ0v) is 13.1. The molecule has 2 rings (SSSR count). The summed E-state index contributed by atoms with van der Waals surface area (Å²) >= 11 is 7.55. The van der Waals surface area contributed by atoms with Gasteiger partial charge in [-0.15, -0.1) is 11.8 Å². The van der Waals surface area contributed by atoms with Crippen LogP contribution in [0.25, 0.3) is 0 Å². The number of ether oxygens (including phenoxy) is 1. The Morgan fingerprint density at radius 2 is 2.19 bits per heavy atom. The third kappa shape index (κ3) is 4.12. The molecule has 0 saturated carbocycles. The van der Waals surface area contributed by atoms with Crippen LogP contribution in [-0.2, 0) is 10.5 Å². The molecule has 21 heavy (non-hydrogen) atoms. The predicted molar refractivity (Wildman–Crippen MR) is 85.6 cm³/mol. The summed E-state index contributed by atoms with van der Waals surface area (Å²) in [4.78, 5) is 16.2. The molecule has 4 nitrogen and oxygen atoms in total. The number of nitrogens with zero attached hydrogens (tertiary/aromatic N) is 1. The quantitative estimate of drug-likeness (QED) is 0.670. The summed E-state index contributed by atoms with van der Waals surface area (Å²) in [5.74, 6) is 0.196. The topological polar surface area (TPSA) is 65.2 Å². The fourth-order valence-electron chi connectivity index (χ4n) is 1.70. The summed E-state index contributed by atoms with van der Waals surface area (Å²) in [6.07, 6.45) is 1.53. The number of thioether (sulfide) groups is 1. The van der Waals surface area contributed by atoms with Crippen molar-refractivity contribution in [2.24, 2.45) is 0 Å². The van der Waals surface area contributed by atoms with Crippen LogP contribution < -0.4 is 5.73 Å². The molecular weight excluding hydrogens is 308 g/mol. The Bertz CT molecular complexity index is 649. The second-order valence-corrected chi connectivity index (χ2v) is 5.59. The monoisotopic (exact) mass is 322 g/mol. The number of esters is 1. The maximum Gasteiger partial charge on any atom is 0.340 e. The van der Waals surface area contributed by atoms with Gasteiger partial charge in [0.05, 0.1) is 24.1 Å². The van der Waals surface area contributed by atoms with Crippen molar-refractivity contribution in [3.63, 3.8) is 0 Å². The Morgan fingerprint density at radius 1 is 1.43 bits per heavy atom. The molecule has 2 N–H and O–H groups in total. The lowest BCUT2D eigenvalue weighted by Crippen LogP contribution is -2.08. The van der Waals surface area contributed by atoms with Crippen LogP contribution in [0.3, 0.4) is 0 Å². The van der Waals surface area contributed by atoms with Crippen LogP contribution in [0.1, 0.15) is 22.8 Å². The van der Waals surface area contributed by atoms with E-state index in [1.807, 2.05) is 24.3 Å². The molecule has 110 valence electrons. The van der Waals surface area contributed by atoms with Gasteiger partial charge in [-0.1, -0.05) is 29.8 Å². The molecular formula is C15H15ClN2O2S. The van der Waals surface area contributed by atoms with E-state index in [1.165, 1.54) is 18.0 Å². The second kappa shape index (κ2) is 7.33. The first kappa shape index (κ1) is 15.7. The molecule has 1 aromatic heterocycles. The number of hydrogen-bond donors (Lipinski definition) is 1. The minimum Gasteiger partial charge on any atom is -0.462 e. The molecule has 0 aliphatic carbocycles. The molecule has 0 unspecified atom stereocenters. The highest BCUT2D eigenvalue weighted by molar-refractivity contribution is 7.98. The second-order valence-electron chi connectivity index (χ2n) is 4.22. The van der Waals surface area contributed by atoms with Gasteiger partial charge < -0.3 is 10.5 Å². The summed E-state index contributed by atoms with van der Waals surface area (Å²) in [6, 6.07) is 9.16. The van der Waals surface area contributed by atoms with Crippen LogP contribution >= 0.6 is 23.4 Å². The molecule has 0 aliphatic rings. The largest absolute Gasteiger partial charge is 0.462 e. The van der Waals surface area contributed by atoms with Gasteiger partial charge in [0.15, 0.2) is 0 Å². The van der Waals surface area contributed by atoms with E-state index in [0.29, 0.717) is 33.7 Å². The Kier molecular flexibility index (Phi) is 5.47. The number of hydrogen-bond acceptors (Lipinski definition) is 5. The summed E-state index contributed by atoms with van der Waals surface area (Å²) < 4.78 is 5.03. The van der Waals surface area contributed by atoms with Crippen LogP contribution in [0.5, 0.6) is 0 Å². The van der Waals surface area contributed by atoms with Crippen molar-refractivity contribution in [2.45, 2.75) is 17.7 Å². The summed E-state index contributed by atoms with van der Waals surface area (Å²) in [5.41, 5.74) is 7.49. The van der Waals surface area contributed by atoms with E-state index in [4.69, 9.17) is 22.1 Å². The number of rotatable bonds is 5. The van der Waals surface area contributed by atoms with Crippen molar-refractivity contribution < 1.29 is 9.53 Å². The zero-order chi connectivity index (χ0) is 15.2. The molecule has 0 radical (unpaired) electrons. The number of anilines is 1. The van der Waals surface area contributed by atoms with Gasteiger partial charge in [-0.3, -0.25) is 0 Å². The lowest BCUT2D eigenvalue weighted by Gasteiger charge is -2.09. The predicted octanol–water partition coefficient (Wildman–Crippen LogP) is 3.79. The van der Waals surface area contributed by atoms with E-state index >= 15 is 0 Å². The van der Waals surface area contributed by atoms with Crippen LogP contribution in [0.15, 0.2) is 41.6 Å². The van der Waals surface area contributed by atoms with Gasteiger partial charge in [0.2, 0.25) is 0 Å². The Labute approximate surface area is 132 Å². The normalized spacial score (nSPS) is 10.4. The summed E-state index contributed by atoms with van der Waals surface area (Å²) in [6.45, 7) is 2.07. The smallest absolute Gasteiger partial charge is 0.340 e. The molecule has 0 saturated heterocycles. The highest BCUT2D eigenvalue weighted by atomic mass is 35.5. The van der Waals surface area contributed by atoms with Crippen LogP contribution in [0.2, 0.25) is 5.02 Å². The van der Waals surface area contributed by atoms with E-state index in [1.54, 1.807) is 13.0 Å². The molecule has 0 atom stereocenters. The van der Waals surface area contributed by atoms with Gasteiger partial charge in [-0.25, -0.2) is 9.78 Å². The number of aromatic nitrogens is 1.